The quantitative estimate of drug-likeness (QED) is 0.782. The maximum absolute atomic E-state index is 5.26. The average Bonchev–Trinajstić information content (AvgIpc) is 2.74. The maximum Gasteiger partial charge on any atom is 0.285 e. The summed E-state index contributed by atoms with van der Waals surface area (Å²) in [5.41, 5.74) is 1.28. The Hall–Kier alpha value is -1.03. The Kier molecular flexibility index (Phi) is 2.49. The van der Waals surface area contributed by atoms with Crippen molar-refractivity contribution in [2.24, 2.45) is 4.99 Å². The molecule has 0 bridgehead atoms. The summed E-state index contributed by atoms with van der Waals surface area (Å²) >= 11 is 1.71. The lowest BCUT2D eigenvalue weighted by atomic mass is 10.2. The first-order chi connectivity index (χ1) is 6.36. The van der Waals surface area contributed by atoms with Crippen LogP contribution in [0.3, 0.4) is 0 Å². The highest BCUT2D eigenvalue weighted by atomic mass is 32.1. The highest BCUT2D eigenvalue weighted by Crippen LogP contribution is 2.15. The Morgan fingerprint density at radius 1 is 1.69 bits per heavy atom. The van der Waals surface area contributed by atoms with Crippen LogP contribution < -0.4 is 5.32 Å². The molecule has 70 valence electrons. The molecule has 0 saturated heterocycles. The van der Waals surface area contributed by atoms with E-state index < -0.39 is 0 Å². The molecule has 0 radical (unpaired) electrons. The number of nitrogens with one attached hydrogen (secondary N) is 1. The molecule has 0 saturated carbocycles. The van der Waals surface area contributed by atoms with Gasteiger partial charge in [0.2, 0.25) is 0 Å². The van der Waals surface area contributed by atoms with Gasteiger partial charge in [-0.15, -0.1) is 0 Å². The lowest BCUT2D eigenvalue weighted by Crippen LogP contribution is -2.26. The number of ether oxygens (including phenoxy) is 1. The molecule has 0 spiro atoms. The Morgan fingerprint density at radius 2 is 2.62 bits per heavy atom. The van der Waals surface area contributed by atoms with Gasteiger partial charge in [-0.3, -0.25) is 0 Å². The fourth-order valence-electron chi connectivity index (χ4n) is 1.21. The largest absolute Gasteiger partial charge is 0.463 e. The third-order valence-electron chi connectivity index (χ3n) is 1.97. The van der Waals surface area contributed by atoms with Crippen LogP contribution in [0, 0.1) is 0 Å². The predicted molar refractivity (Wildman–Crippen MR) is 54.1 cm³/mol. The standard InChI is InChI=1S/C9H12N2OS/c1-7(8-2-5-13-6-8)11-9-10-3-4-12-9/h2,5-7H,3-4H2,1H3,(H,10,11)/t7-/m0/s1. The molecular formula is C9H12N2OS. The van der Waals surface area contributed by atoms with E-state index in [4.69, 9.17) is 4.74 Å². The van der Waals surface area contributed by atoms with Crippen LogP contribution in [0.4, 0.5) is 0 Å². The molecule has 0 fully saturated rings. The van der Waals surface area contributed by atoms with E-state index >= 15 is 0 Å². The lowest BCUT2D eigenvalue weighted by Gasteiger charge is -2.12. The van der Waals surface area contributed by atoms with Crippen LogP contribution in [0.5, 0.6) is 0 Å². The highest BCUT2D eigenvalue weighted by Gasteiger charge is 2.11. The number of aliphatic imine (C=N–C) groups is 1. The molecule has 1 aliphatic rings. The smallest absolute Gasteiger partial charge is 0.285 e. The molecule has 1 N–H and O–H groups in total. The van der Waals surface area contributed by atoms with Gasteiger partial charge in [0.1, 0.15) is 6.61 Å². The van der Waals surface area contributed by atoms with Gasteiger partial charge in [0.05, 0.1) is 12.6 Å². The van der Waals surface area contributed by atoms with Crippen LogP contribution in [0.2, 0.25) is 0 Å². The summed E-state index contributed by atoms with van der Waals surface area (Å²) in [6.45, 7) is 3.59. The van der Waals surface area contributed by atoms with E-state index in [1.165, 1.54) is 5.56 Å². The minimum Gasteiger partial charge on any atom is -0.463 e. The van der Waals surface area contributed by atoms with E-state index in [-0.39, 0.29) is 6.04 Å². The van der Waals surface area contributed by atoms with Crippen LogP contribution in [0.25, 0.3) is 0 Å². The second kappa shape index (κ2) is 3.79. The highest BCUT2D eigenvalue weighted by molar-refractivity contribution is 7.07. The number of nitrogens with zero attached hydrogens (tertiary/aromatic N) is 1. The normalized spacial score (nSPS) is 17.8. The molecule has 0 amide bonds. The SMILES string of the molecule is C[C@H](NC1=NCCO1)c1ccsc1. The summed E-state index contributed by atoms with van der Waals surface area (Å²) in [5, 5.41) is 7.42. The third kappa shape index (κ3) is 2.01. The molecule has 1 aliphatic heterocycles. The molecule has 2 rings (SSSR count). The molecule has 4 heteroatoms. The molecule has 2 heterocycles. The van der Waals surface area contributed by atoms with Gasteiger partial charge in [-0.05, 0) is 29.3 Å². The van der Waals surface area contributed by atoms with Gasteiger partial charge >= 0.3 is 0 Å². The number of hydrogen-bond donors (Lipinski definition) is 1. The van der Waals surface area contributed by atoms with E-state index in [0.717, 1.165) is 6.54 Å². The fraction of sp³-hybridized carbons (Fsp3) is 0.444. The minimum atomic E-state index is 0.281. The van der Waals surface area contributed by atoms with Crippen molar-refractivity contribution in [2.45, 2.75) is 13.0 Å². The van der Waals surface area contributed by atoms with Gasteiger partial charge in [0.25, 0.3) is 6.02 Å². The first kappa shape index (κ1) is 8.56. The van der Waals surface area contributed by atoms with Crippen LogP contribution in [-0.4, -0.2) is 19.2 Å². The molecule has 0 aromatic carbocycles. The lowest BCUT2D eigenvalue weighted by molar-refractivity contribution is 0.327. The maximum atomic E-state index is 5.26. The van der Waals surface area contributed by atoms with Gasteiger partial charge in [0.15, 0.2) is 0 Å². The van der Waals surface area contributed by atoms with Gasteiger partial charge < -0.3 is 10.1 Å². The topological polar surface area (TPSA) is 33.6 Å². The number of amidine groups is 1. The Bertz CT molecular complexity index is 295. The number of rotatable bonds is 2. The molecule has 1 aromatic rings. The summed E-state index contributed by atoms with van der Waals surface area (Å²) < 4.78 is 5.26. The van der Waals surface area contributed by atoms with Crippen molar-refractivity contribution in [2.75, 3.05) is 13.2 Å². The van der Waals surface area contributed by atoms with Crippen molar-refractivity contribution in [1.82, 2.24) is 5.32 Å². The molecule has 3 nitrogen and oxygen atoms in total. The molecule has 1 atom stereocenters. The molecule has 1 aromatic heterocycles. The van der Waals surface area contributed by atoms with E-state index in [0.29, 0.717) is 12.6 Å². The molecular weight excluding hydrogens is 184 g/mol. The van der Waals surface area contributed by atoms with Gasteiger partial charge in [-0.2, -0.15) is 11.3 Å². The Labute approximate surface area is 81.4 Å². The van der Waals surface area contributed by atoms with Crippen molar-refractivity contribution in [3.05, 3.63) is 22.4 Å². The Balaban J connectivity index is 1.95. The zero-order chi connectivity index (χ0) is 9.10. The second-order valence-corrected chi connectivity index (χ2v) is 3.74. The van der Waals surface area contributed by atoms with E-state index in [1.54, 1.807) is 11.3 Å². The molecule has 0 unspecified atom stereocenters. The van der Waals surface area contributed by atoms with Crippen molar-refractivity contribution < 1.29 is 4.74 Å². The van der Waals surface area contributed by atoms with Gasteiger partial charge in [0, 0.05) is 0 Å². The Morgan fingerprint density at radius 3 is 3.23 bits per heavy atom. The first-order valence-corrected chi connectivity index (χ1v) is 5.26. The van der Waals surface area contributed by atoms with Gasteiger partial charge in [-0.1, -0.05) is 0 Å². The molecule has 13 heavy (non-hydrogen) atoms. The van der Waals surface area contributed by atoms with Crippen LogP contribution in [0.1, 0.15) is 18.5 Å². The van der Waals surface area contributed by atoms with Crippen LogP contribution in [0.15, 0.2) is 21.8 Å². The first-order valence-electron chi connectivity index (χ1n) is 4.32. The number of hydrogen-bond acceptors (Lipinski definition) is 4. The van der Waals surface area contributed by atoms with Crippen molar-refractivity contribution >= 4 is 17.4 Å². The van der Waals surface area contributed by atoms with Crippen molar-refractivity contribution in [1.29, 1.82) is 0 Å². The predicted octanol–water partition coefficient (Wildman–Crippen LogP) is 1.78. The van der Waals surface area contributed by atoms with E-state index in [1.807, 2.05) is 0 Å². The summed E-state index contributed by atoms with van der Waals surface area (Å²) in [6, 6.07) is 3.07. The van der Waals surface area contributed by atoms with Crippen LogP contribution in [-0.2, 0) is 4.74 Å². The van der Waals surface area contributed by atoms with Crippen LogP contribution >= 0.6 is 11.3 Å². The van der Waals surface area contributed by atoms with Crippen molar-refractivity contribution in [3.63, 3.8) is 0 Å². The van der Waals surface area contributed by atoms with E-state index in [2.05, 4.69) is 34.1 Å². The molecule has 0 aliphatic carbocycles. The minimum absolute atomic E-state index is 0.281. The zero-order valence-corrected chi connectivity index (χ0v) is 8.30. The second-order valence-electron chi connectivity index (χ2n) is 2.96. The van der Waals surface area contributed by atoms with Gasteiger partial charge in [-0.25, -0.2) is 4.99 Å². The van der Waals surface area contributed by atoms with E-state index in [9.17, 15) is 0 Å². The summed E-state index contributed by atoms with van der Waals surface area (Å²) in [6.07, 6.45) is 0. The summed E-state index contributed by atoms with van der Waals surface area (Å²) in [7, 11) is 0. The summed E-state index contributed by atoms with van der Waals surface area (Å²) in [4.78, 5) is 4.17. The monoisotopic (exact) mass is 196 g/mol. The fourth-order valence-corrected chi connectivity index (χ4v) is 1.97. The zero-order valence-electron chi connectivity index (χ0n) is 7.49. The van der Waals surface area contributed by atoms with Crippen molar-refractivity contribution in [3.8, 4) is 0 Å². The number of thiophene rings is 1. The summed E-state index contributed by atoms with van der Waals surface area (Å²) in [5.74, 6) is 0. The average molecular weight is 196 g/mol. The third-order valence-corrected chi connectivity index (χ3v) is 2.67.